The van der Waals surface area contributed by atoms with Gasteiger partial charge in [-0.1, -0.05) is 32.0 Å². The molecule has 2 aromatic heterocycles. The zero-order valence-corrected chi connectivity index (χ0v) is 15.1. The number of benzene rings is 1. The fourth-order valence-electron chi connectivity index (χ4n) is 2.77. The van der Waals surface area contributed by atoms with Gasteiger partial charge in [0.15, 0.2) is 0 Å². The summed E-state index contributed by atoms with van der Waals surface area (Å²) < 4.78 is 1.50. The Labute approximate surface area is 150 Å². The van der Waals surface area contributed by atoms with Crippen molar-refractivity contribution in [1.82, 2.24) is 14.9 Å². The molecule has 0 bridgehead atoms. The molecule has 0 saturated heterocycles. The van der Waals surface area contributed by atoms with Crippen LogP contribution in [0.15, 0.2) is 52.9 Å². The van der Waals surface area contributed by atoms with Gasteiger partial charge in [-0.3, -0.25) is 14.2 Å². The van der Waals surface area contributed by atoms with E-state index in [1.165, 1.54) is 10.9 Å². The van der Waals surface area contributed by atoms with E-state index in [0.717, 1.165) is 4.88 Å². The average molecular weight is 355 g/mol. The quantitative estimate of drug-likeness (QED) is 0.737. The number of aryl methyl sites for hydroxylation is 1. The minimum absolute atomic E-state index is 0.000972. The summed E-state index contributed by atoms with van der Waals surface area (Å²) in [5.74, 6) is 0.236. The fourth-order valence-corrected chi connectivity index (χ4v) is 3.72. The second-order valence-corrected chi connectivity index (χ2v) is 7.29. The highest BCUT2D eigenvalue weighted by molar-refractivity contribution is 7.10. The number of nitrogens with one attached hydrogen (secondary N) is 1. The van der Waals surface area contributed by atoms with Gasteiger partial charge in [0.1, 0.15) is 0 Å². The molecule has 0 aliphatic carbocycles. The fraction of sp³-hybridized carbons (Fsp3) is 0.316. The number of fused-ring (bicyclic) bond motifs is 1. The molecule has 25 heavy (non-hydrogen) atoms. The summed E-state index contributed by atoms with van der Waals surface area (Å²) in [6.45, 7) is 4.49. The minimum atomic E-state index is -0.114. The second-order valence-electron chi connectivity index (χ2n) is 6.31. The lowest BCUT2D eigenvalue weighted by molar-refractivity contribution is -0.122. The van der Waals surface area contributed by atoms with Gasteiger partial charge in [-0.05, 0) is 29.5 Å². The first kappa shape index (κ1) is 17.4. The van der Waals surface area contributed by atoms with Crippen LogP contribution in [-0.2, 0) is 11.3 Å². The van der Waals surface area contributed by atoms with Crippen LogP contribution in [0.25, 0.3) is 10.9 Å². The standard InChI is InChI=1S/C19H21N3O2S/c1-13(2)18(16-8-5-11-25-16)21-17(23)9-10-22-12-20-15-7-4-3-6-14(15)19(22)24/h3-8,11-13,18H,9-10H2,1-2H3,(H,21,23). The summed E-state index contributed by atoms with van der Waals surface area (Å²) in [4.78, 5) is 30.2. The van der Waals surface area contributed by atoms with Crippen molar-refractivity contribution in [3.63, 3.8) is 0 Å². The summed E-state index contributed by atoms with van der Waals surface area (Å²) in [7, 11) is 0. The van der Waals surface area contributed by atoms with Crippen LogP contribution in [0.4, 0.5) is 0 Å². The molecule has 6 heteroatoms. The first-order valence-corrected chi connectivity index (χ1v) is 9.21. The number of para-hydroxylation sites is 1. The molecule has 130 valence electrons. The van der Waals surface area contributed by atoms with Crippen LogP contribution in [0, 0.1) is 5.92 Å². The van der Waals surface area contributed by atoms with E-state index >= 15 is 0 Å². The molecule has 0 fully saturated rings. The third-order valence-electron chi connectivity index (χ3n) is 4.14. The number of hydrogen-bond acceptors (Lipinski definition) is 4. The van der Waals surface area contributed by atoms with E-state index in [1.54, 1.807) is 17.4 Å². The molecule has 1 atom stereocenters. The van der Waals surface area contributed by atoms with Gasteiger partial charge in [-0.15, -0.1) is 11.3 Å². The zero-order valence-electron chi connectivity index (χ0n) is 14.3. The predicted octanol–water partition coefficient (Wildman–Crippen LogP) is 3.36. The monoisotopic (exact) mass is 355 g/mol. The summed E-state index contributed by atoms with van der Waals surface area (Å²) in [6.07, 6.45) is 1.76. The highest BCUT2D eigenvalue weighted by Crippen LogP contribution is 2.25. The lowest BCUT2D eigenvalue weighted by atomic mass is 10.0. The first-order valence-electron chi connectivity index (χ1n) is 8.33. The van der Waals surface area contributed by atoms with Crippen molar-refractivity contribution >= 4 is 28.1 Å². The molecule has 3 aromatic rings. The summed E-state index contributed by atoms with van der Waals surface area (Å²) in [5, 5.41) is 5.67. The number of nitrogens with zero attached hydrogens (tertiary/aromatic N) is 2. The molecule has 1 unspecified atom stereocenters. The Bertz CT molecular complexity index is 916. The molecule has 5 nitrogen and oxygen atoms in total. The Morgan fingerprint density at radius 3 is 2.76 bits per heavy atom. The number of carbonyl (C=O) groups excluding carboxylic acids is 1. The van der Waals surface area contributed by atoms with Crippen LogP contribution in [0.2, 0.25) is 0 Å². The Morgan fingerprint density at radius 2 is 2.04 bits per heavy atom. The van der Waals surface area contributed by atoms with Gasteiger partial charge in [0, 0.05) is 17.8 Å². The summed E-state index contributed by atoms with van der Waals surface area (Å²) >= 11 is 1.64. The van der Waals surface area contributed by atoms with Crippen LogP contribution < -0.4 is 10.9 Å². The lowest BCUT2D eigenvalue weighted by Gasteiger charge is -2.21. The molecule has 0 aliphatic heterocycles. The minimum Gasteiger partial charge on any atom is -0.348 e. The third kappa shape index (κ3) is 3.96. The number of hydrogen-bond donors (Lipinski definition) is 1. The maximum atomic E-state index is 12.5. The van der Waals surface area contributed by atoms with Crippen LogP contribution in [0.1, 0.15) is 31.2 Å². The Morgan fingerprint density at radius 1 is 1.24 bits per heavy atom. The topological polar surface area (TPSA) is 64.0 Å². The number of amides is 1. The van der Waals surface area contributed by atoms with Crippen molar-refractivity contribution < 1.29 is 4.79 Å². The van der Waals surface area contributed by atoms with Crippen LogP contribution in [0.3, 0.4) is 0 Å². The molecule has 2 heterocycles. The summed E-state index contributed by atoms with van der Waals surface area (Å²) in [6, 6.07) is 11.3. The van der Waals surface area contributed by atoms with Crippen molar-refractivity contribution in [1.29, 1.82) is 0 Å². The molecular formula is C19H21N3O2S. The first-order chi connectivity index (χ1) is 12.1. The zero-order chi connectivity index (χ0) is 17.8. The van der Waals surface area contributed by atoms with Crippen LogP contribution in [-0.4, -0.2) is 15.5 Å². The largest absolute Gasteiger partial charge is 0.348 e. The maximum absolute atomic E-state index is 12.5. The SMILES string of the molecule is CC(C)C(NC(=O)CCn1cnc2ccccc2c1=O)c1cccs1. The highest BCUT2D eigenvalue weighted by Gasteiger charge is 2.19. The Balaban J connectivity index is 1.68. The van der Waals surface area contributed by atoms with E-state index in [2.05, 4.69) is 24.1 Å². The molecule has 3 rings (SSSR count). The van der Waals surface area contributed by atoms with Gasteiger partial charge in [0.2, 0.25) is 5.91 Å². The number of aromatic nitrogens is 2. The molecule has 0 radical (unpaired) electrons. The van der Waals surface area contributed by atoms with Gasteiger partial charge in [0.05, 0.1) is 23.3 Å². The van der Waals surface area contributed by atoms with E-state index in [0.29, 0.717) is 23.4 Å². The van der Waals surface area contributed by atoms with Crippen molar-refractivity contribution in [2.24, 2.45) is 5.92 Å². The highest BCUT2D eigenvalue weighted by atomic mass is 32.1. The normalized spacial score (nSPS) is 12.4. The lowest BCUT2D eigenvalue weighted by Crippen LogP contribution is -2.32. The van der Waals surface area contributed by atoms with E-state index < -0.39 is 0 Å². The predicted molar refractivity (Wildman–Crippen MR) is 101 cm³/mol. The molecule has 0 saturated carbocycles. The molecule has 1 aromatic carbocycles. The number of thiophene rings is 1. The van der Waals surface area contributed by atoms with Crippen LogP contribution in [0.5, 0.6) is 0 Å². The van der Waals surface area contributed by atoms with E-state index in [1.807, 2.05) is 35.7 Å². The van der Waals surface area contributed by atoms with Crippen molar-refractivity contribution in [2.45, 2.75) is 32.9 Å². The van der Waals surface area contributed by atoms with Gasteiger partial charge < -0.3 is 5.32 Å². The number of rotatable bonds is 6. The van der Waals surface area contributed by atoms with Gasteiger partial charge in [-0.2, -0.15) is 0 Å². The Kier molecular flexibility index (Phi) is 5.28. The molecular weight excluding hydrogens is 334 g/mol. The maximum Gasteiger partial charge on any atom is 0.261 e. The van der Waals surface area contributed by atoms with E-state index in [9.17, 15) is 9.59 Å². The Hall–Kier alpha value is -2.47. The van der Waals surface area contributed by atoms with Crippen molar-refractivity contribution in [3.05, 3.63) is 63.3 Å². The average Bonchev–Trinajstić information content (AvgIpc) is 3.13. The number of carbonyl (C=O) groups is 1. The van der Waals surface area contributed by atoms with E-state index in [4.69, 9.17) is 0 Å². The summed E-state index contributed by atoms with van der Waals surface area (Å²) in [5.41, 5.74) is 0.558. The van der Waals surface area contributed by atoms with Crippen molar-refractivity contribution in [2.75, 3.05) is 0 Å². The molecule has 1 amide bonds. The second kappa shape index (κ2) is 7.61. The van der Waals surface area contributed by atoms with Gasteiger partial charge in [0.25, 0.3) is 5.56 Å². The van der Waals surface area contributed by atoms with E-state index in [-0.39, 0.29) is 23.9 Å². The van der Waals surface area contributed by atoms with Crippen LogP contribution >= 0.6 is 11.3 Å². The molecule has 1 N–H and O–H groups in total. The van der Waals surface area contributed by atoms with Crippen molar-refractivity contribution in [3.8, 4) is 0 Å². The molecule has 0 spiro atoms. The molecule has 0 aliphatic rings. The van der Waals surface area contributed by atoms with Gasteiger partial charge in [-0.25, -0.2) is 4.98 Å². The third-order valence-corrected chi connectivity index (χ3v) is 5.10. The smallest absolute Gasteiger partial charge is 0.261 e. The van der Waals surface area contributed by atoms with Gasteiger partial charge >= 0.3 is 0 Å².